The van der Waals surface area contributed by atoms with E-state index in [1.165, 1.54) is 37.7 Å². The van der Waals surface area contributed by atoms with E-state index in [0.29, 0.717) is 36.9 Å². The fraction of sp³-hybridized carbons (Fsp3) is 0.814. The normalized spacial score (nSPS) is 39.2. The maximum atomic E-state index is 11.4. The van der Waals surface area contributed by atoms with Crippen molar-refractivity contribution in [2.45, 2.75) is 180 Å². The van der Waals surface area contributed by atoms with Gasteiger partial charge < -0.3 is 23.4 Å². The summed E-state index contributed by atoms with van der Waals surface area (Å²) in [6.07, 6.45) is 16.4. The molecule has 1 spiro atoms. The lowest BCUT2D eigenvalue weighted by Crippen LogP contribution is -2.49. The lowest BCUT2D eigenvalue weighted by Gasteiger charge is -2.45. The molecule has 1 N–H and O–H groups in total. The second-order valence-electron chi connectivity index (χ2n) is 20.4. The maximum Gasteiger partial charge on any atom is 0.198 e. The zero-order valence-electron chi connectivity index (χ0n) is 34.3. The highest BCUT2D eigenvalue weighted by molar-refractivity contribution is 6.74. The van der Waals surface area contributed by atoms with Crippen molar-refractivity contribution < 1.29 is 23.4 Å². The molecule has 4 aliphatic carbocycles. The van der Waals surface area contributed by atoms with Gasteiger partial charge in [0.05, 0.1) is 25.4 Å². The summed E-state index contributed by atoms with van der Waals surface area (Å²) in [6, 6.07) is 0. The van der Waals surface area contributed by atoms with Crippen LogP contribution in [0.5, 0.6) is 0 Å². The highest BCUT2D eigenvalue weighted by Gasteiger charge is 2.53. The predicted molar refractivity (Wildman–Crippen MR) is 213 cm³/mol. The van der Waals surface area contributed by atoms with Crippen molar-refractivity contribution in [1.29, 1.82) is 0 Å². The molecule has 0 bridgehead atoms. The summed E-state index contributed by atoms with van der Waals surface area (Å²) in [6.45, 7) is 36.6. The van der Waals surface area contributed by atoms with Gasteiger partial charge >= 0.3 is 0 Å². The van der Waals surface area contributed by atoms with Crippen molar-refractivity contribution in [3.05, 3.63) is 47.1 Å². The summed E-state index contributed by atoms with van der Waals surface area (Å²) < 4.78 is 26.5. The van der Waals surface area contributed by atoms with Gasteiger partial charge in [0.15, 0.2) is 22.4 Å². The lowest BCUT2D eigenvalue weighted by molar-refractivity contribution is -0.304. The highest BCUT2D eigenvalue weighted by atomic mass is 28.4. The number of aliphatic hydroxyl groups excluding tert-OH is 1. The second kappa shape index (κ2) is 14.4. The van der Waals surface area contributed by atoms with Gasteiger partial charge in [0.25, 0.3) is 0 Å². The van der Waals surface area contributed by atoms with Gasteiger partial charge in [0.2, 0.25) is 0 Å². The molecule has 5 aliphatic rings. The Morgan fingerprint density at radius 3 is 2.14 bits per heavy atom. The Balaban J connectivity index is 1.36. The SMILES string of the molecule is C=C1C(=CC=C2CCC[C@@]3(C)C2CC[C@@H]3[C@@H](C)C=C2CCC3(OCC(C)CO3)C2O)C[C@@H](O[Si](C)(C)C(C)(C)C)C[C@@H]1O[Si](C)(C)C(C)(C)C. The maximum absolute atomic E-state index is 11.4. The molecule has 7 heteroatoms. The van der Waals surface area contributed by atoms with E-state index in [9.17, 15) is 5.11 Å². The van der Waals surface area contributed by atoms with Crippen LogP contribution in [0.15, 0.2) is 47.1 Å². The molecule has 0 radical (unpaired) electrons. The minimum Gasteiger partial charge on any atom is -0.413 e. The number of hydrogen-bond donors (Lipinski definition) is 1. The number of fused-ring (bicyclic) bond motifs is 1. The number of allylic oxidation sites excluding steroid dienone is 4. The van der Waals surface area contributed by atoms with Crippen LogP contribution >= 0.6 is 0 Å². The van der Waals surface area contributed by atoms with Gasteiger partial charge in [0, 0.05) is 18.8 Å². The number of ether oxygens (including phenoxy) is 2. The van der Waals surface area contributed by atoms with Crippen LogP contribution < -0.4 is 0 Å². The van der Waals surface area contributed by atoms with Crippen molar-refractivity contribution in [2.24, 2.45) is 29.1 Å². The van der Waals surface area contributed by atoms with Gasteiger partial charge in [-0.2, -0.15) is 0 Å². The fourth-order valence-electron chi connectivity index (χ4n) is 9.37. The monoisotopic (exact) mass is 727 g/mol. The van der Waals surface area contributed by atoms with E-state index in [-0.39, 0.29) is 27.7 Å². The zero-order valence-corrected chi connectivity index (χ0v) is 36.3. The topological polar surface area (TPSA) is 57.2 Å². The van der Waals surface area contributed by atoms with Gasteiger partial charge in [0.1, 0.15) is 6.10 Å². The van der Waals surface area contributed by atoms with Gasteiger partial charge in [-0.25, -0.2) is 0 Å². The number of rotatable bonds is 7. The molecule has 5 nitrogen and oxygen atoms in total. The summed E-state index contributed by atoms with van der Waals surface area (Å²) >= 11 is 0. The lowest BCUT2D eigenvalue weighted by atomic mass is 9.61. The molecular weight excluding hydrogens is 653 g/mol. The van der Waals surface area contributed by atoms with Gasteiger partial charge in [-0.3, -0.25) is 0 Å². The number of hydrogen-bond acceptors (Lipinski definition) is 5. The van der Waals surface area contributed by atoms with Crippen LogP contribution in [-0.4, -0.2) is 59.1 Å². The molecule has 1 saturated heterocycles. The Bertz CT molecular complexity index is 1340. The number of aliphatic hydroxyl groups is 1. The van der Waals surface area contributed by atoms with Crippen LogP contribution in [0.2, 0.25) is 36.3 Å². The minimum absolute atomic E-state index is 0.00307. The molecule has 5 rings (SSSR count). The summed E-state index contributed by atoms with van der Waals surface area (Å²) in [7, 11) is -3.96. The third-order valence-corrected chi connectivity index (χ3v) is 23.7. The first-order chi connectivity index (χ1) is 23.0. The Labute approximate surface area is 309 Å². The smallest absolute Gasteiger partial charge is 0.198 e. The third-order valence-electron chi connectivity index (χ3n) is 14.6. The van der Waals surface area contributed by atoms with Crippen LogP contribution in [0.3, 0.4) is 0 Å². The molecule has 284 valence electrons. The molecule has 0 aromatic carbocycles. The summed E-state index contributed by atoms with van der Waals surface area (Å²) in [5.74, 6) is 1.15. The van der Waals surface area contributed by atoms with Crippen molar-refractivity contribution in [3.8, 4) is 0 Å². The second-order valence-corrected chi connectivity index (χ2v) is 29.9. The molecule has 1 heterocycles. The average Bonchev–Trinajstić information content (AvgIpc) is 3.50. The Morgan fingerprint density at radius 1 is 0.900 bits per heavy atom. The van der Waals surface area contributed by atoms with Crippen LogP contribution in [-0.2, 0) is 18.3 Å². The summed E-state index contributed by atoms with van der Waals surface area (Å²) in [4.78, 5) is 0. The van der Waals surface area contributed by atoms with E-state index in [2.05, 4.69) is 107 Å². The highest BCUT2D eigenvalue weighted by Crippen LogP contribution is 2.60. The van der Waals surface area contributed by atoms with E-state index in [4.69, 9.17) is 24.9 Å². The Hall–Kier alpha value is -0.806. The first-order valence-electron chi connectivity index (χ1n) is 20.1. The standard InChI is InChI=1S/C43H74O5Si2/c1-29-27-45-43(46-28-29)23-21-34(39(43)44)24-30(2)36-19-20-37-32(16-15-22-42(36,37)10)17-18-33-25-35(47-49(11,12)40(4,5)6)26-38(31(33)3)48-50(13,14)41(7,8)9/h17-18,24,29-30,35-39,44H,3,15-16,19-23,25-28H2,1-2,4-14H3/t29?,30-,35+,36+,37?,38-,39?,42+,43?/m0/s1. The molecule has 50 heavy (non-hydrogen) atoms. The van der Waals surface area contributed by atoms with Gasteiger partial charge in [-0.15, -0.1) is 0 Å². The van der Waals surface area contributed by atoms with E-state index in [0.717, 1.165) is 36.8 Å². The summed E-state index contributed by atoms with van der Waals surface area (Å²) in [5.41, 5.74) is 5.49. The largest absolute Gasteiger partial charge is 0.413 e. The van der Waals surface area contributed by atoms with E-state index in [1.54, 1.807) is 5.57 Å². The first kappa shape index (κ1) is 40.4. The molecule has 0 aromatic heterocycles. The molecule has 1 aliphatic heterocycles. The van der Waals surface area contributed by atoms with Crippen LogP contribution in [0.25, 0.3) is 0 Å². The van der Waals surface area contributed by atoms with Crippen molar-refractivity contribution >= 4 is 16.6 Å². The molecular formula is C43H74O5Si2. The van der Waals surface area contributed by atoms with Crippen molar-refractivity contribution in [3.63, 3.8) is 0 Å². The quantitative estimate of drug-likeness (QED) is 0.209. The predicted octanol–water partition coefficient (Wildman–Crippen LogP) is 11.3. The molecule has 4 saturated carbocycles. The van der Waals surface area contributed by atoms with E-state index in [1.807, 2.05) is 0 Å². The summed E-state index contributed by atoms with van der Waals surface area (Å²) in [5, 5.41) is 11.7. The van der Waals surface area contributed by atoms with Crippen molar-refractivity contribution in [1.82, 2.24) is 0 Å². The molecule has 2 unspecified atom stereocenters. The average molecular weight is 727 g/mol. The van der Waals surface area contributed by atoms with Crippen LogP contribution in [0.1, 0.15) is 120 Å². The minimum atomic E-state index is -2.00. The Morgan fingerprint density at radius 2 is 1.52 bits per heavy atom. The fourth-order valence-corrected chi connectivity index (χ4v) is 12.0. The van der Waals surface area contributed by atoms with Crippen molar-refractivity contribution in [2.75, 3.05) is 13.2 Å². The molecule has 0 aromatic rings. The first-order valence-corrected chi connectivity index (χ1v) is 25.9. The third kappa shape index (κ3) is 8.00. The van der Waals surface area contributed by atoms with Gasteiger partial charge in [-0.1, -0.05) is 92.7 Å². The van der Waals surface area contributed by atoms with Crippen LogP contribution in [0, 0.1) is 29.1 Å². The van der Waals surface area contributed by atoms with E-state index < -0.39 is 28.5 Å². The molecule has 7 atom stereocenters. The molecule has 5 fully saturated rings. The Kier molecular flexibility index (Phi) is 11.7. The van der Waals surface area contributed by atoms with Crippen LogP contribution in [0.4, 0.5) is 0 Å². The zero-order chi connectivity index (χ0) is 37.1. The molecule has 0 amide bonds. The van der Waals surface area contributed by atoms with E-state index >= 15 is 0 Å². The van der Waals surface area contributed by atoms with Gasteiger partial charge in [-0.05, 0) is 121 Å².